The van der Waals surface area contributed by atoms with E-state index >= 15 is 0 Å². The molecule has 0 radical (unpaired) electrons. The summed E-state index contributed by atoms with van der Waals surface area (Å²) in [5.41, 5.74) is 0. The van der Waals surface area contributed by atoms with Crippen LogP contribution in [0.1, 0.15) is 6.92 Å². The van der Waals surface area contributed by atoms with Crippen molar-refractivity contribution in [2.45, 2.75) is 6.92 Å². The summed E-state index contributed by atoms with van der Waals surface area (Å²) in [6.07, 6.45) is 3.03. The Balaban J connectivity index is 0.00000364. The summed E-state index contributed by atoms with van der Waals surface area (Å²) in [5.74, 6) is 1.93. The second-order valence-electron chi connectivity index (χ2n) is 6.14. The monoisotopic (exact) mass is 511 g/mol. The number of nitrogens with zero attached hydrogens (tertiary/aromatic N) is 4. The molecular weight excluding hydrogens is 481 g/mol. The molecule has 1 aromatic rings. The topological polar surface area (TPSA) is 87.1 Å². The number of rotatable bonds is 8. The normalized spacial score (nSPS) is 15.4. The van der Waals surface area contributed by atoms with E-state index in [1.54, 1.807) is 0 Å². The van der Waals surface area contributed by atoms with Crippen LogP contribution in [0.4, 0.5) is 5.82 Å². The molecule has 0 saturated carbocycles. The first-order chi connectivity index (χ1) is 12.5. The molecule has 154 valence electrons. The number of guanidine groups is 1. The fourth-order valence-electron chi connectivity index (χ4n) is 2.64. The van der Waals surface area contributed by atoms with Crippen molar-refractivity contribution < 1.29 is 13.2 Å². The van der Waals surface area contributed by atoms with E-state index in [4.69, 9.17) is 4.74 Å². The molecule has 0 aromatic carbocycles. The number of aromatic nitrogens is 1. The summed E-state index contributed by atoms with van der Waals surface area (Å²) in [6.45, 7) is 7.52. The van der Waals surface area contributed by atoms with Crippen molar-refractivity contribution in [1.29, 1.82) is 0 Å². The molecule has 2 heterocycles. The number of hydrogen-bond acceptors (Lipinski definition) is 6. The second kappa shape index (κ2) is 12.3. The highest BCUT2D eigenvalue weighted by Gasteiger charge is 2.20. The third kappa shape index (κ3) is 9.06. The van der Waals surface area contributed by atoms with Gasteiger partial charge in [-0.05, 0) is 19.1 Å². The van der Waals surface area contributed by atoms with E-state index in [1.807, 2.05) is 31.3 Å². The van der Waals surface area contributed by atoms with Crippen LogP contribution < -0.4 is 10.2 Å². The molecule has 1 N–H and O–H groups in total. The minimum atomic E-state index is -2.97. The highest BCUT2D eigenvalue weighted by molar-refractivity contribution is 14.0. The molecule has 2 rings (SSSR count). The summed E-state index contributed by atoms with van der Waals surface area (Å²) >= 11 is 0. The predicted molar refractivity (Wildman–Crippen MR) is 120 cm³/mol. The van der Waals surface area contributed by atoms with Crippen molar-refractivity contribution in [2.75, 3.05) is 69.4 Å². The zero-order valence-corrected chi connectivity index (χ0v) is 19.2. The van der Waals surface area contributed by atoms with Crippen molar-refractivity contribution in [2.24, 2.45) is 4.99 Å². The van der Waals surface area contributed by atoms with Crippen molar-refractivity contribution in [1.82, 2.24) is 15.2 Å². The number of aliphatic imine (C=N–C) groups is 1. The minimum absolute atomic E-state index is 0. The zero-order chi connectivity index (χ0) is 18.8. The maximum atomic E-state index is 11.1. The van der Waals surface area contributed by atoms with Gasteiger partial charge in [-0.1, -0.05) is 6.07 Å². The van der Waals surface area contributed by atoms with Crippen molar-refractivity contribution in [3.8, 4) is 0 Å². The van der Waals surface area contributed by atoms with Gasteiger partial charge in [0.1, 0.15) is 15.7 Å². The number of sulfone groups is 1. The summed E-state index contributed by atoms with van der Waals surface area (Å²) in [5, 5.41) is 3.31. The molecular formula is C17H30IN5O3S. The molecule has 1 aromatic heterocycles. The van der Waals surface area contributed by atoms with E-state index in [0.717, 1.165) is 44.5 Å². The number of halogens is 1. The molecule has 1 saturated heterocycles. The molecule has 0 atom stereocenters. The number of pyridine rings is 1. The van der Waals surface area contributed by atoms with Crippen LogP contribution in [0.5, 0.6) is 0 Å². The van der Waals surface area contributed by atoms with Gasteiger partial charge in [0.05, 0.1) is 25.5 Å². The summed E-state index contributed by atoms with van der Waals surface area (Å²) < 4.78 is 27.5. The number of hydrogen-bond donors (Lipinski definition) is 1. The molecule has 1 aliphatic rings. The van der Waals surface area contributed by atoms with Gasteiger partial charge < -0.3 is 19.9 Å². The van der Waals surface area contributed by atoms with Gasteiger partial charge in [0, 0.05) is 45.2 Å². The largest absolute Gasteiger partial charge is 0.378 e. The minimum Gasteiger partial charge on any atom is -0.378 e. The third-order valence-corrected chi connectivity index (χ3v) is 4.89. The lowest BCUT2D eigenvalue weighted by Gasteiger charge is -2.37. The van der Waals surface area contributed by atoms with Crippen molar-refractivity contribution >= 4 is 45.6 Å². The number of ether oxygens (including phenoxy) is 1. The third-order valence-electron chi connectivity index (χ3n) is 3.98. The summed E-state index contributed by atoms with van der Waals surface area (Å²) in [4.78, 5) is 13.5. The van der Waals surface area contributed by atoms with Gasteiger partial charge in [0.2, 0.25) is 0 Å². The van der Waals surface area contributed by atoms with Crippen LogP contribution in [0, 0.1) is 0 Å². The zero-order valence-electron chi connectivity index (χ0n) is 16.0. The van der Waals surface area contributed by atoms with Gasteiger partial charge in [-0.2, -0.15) is 0 Å². The molecule has 1 aliphatic heterocycles. The van der Waals surface area contributed by atoms with Gasteiger partial charge in [0.25, 0.3) is 0 Å². The Labute approximate surface area is 179 Å². The van der Waals surface area contributed by atoms with E-state index in [-0.39, 0.29) is 36.3 Å². The van der Waals surface area contributed by atoms with Crippen LogP contribution in [0.15, 0.2) is 29.4 Å². The Hall–Kier alpha value is -1.14. The average Bonchev–Trinajstić information content (AvgIpc) is 2.64. The molecule has 0 aliphatic carbocycles. The van der Waals surface area contributed by atoms with Crippen molar-refractivity contribution in [3.05, 3.63) is 24.4 Å². The number of nitrogens with one attached hydrogen (secondary N) is 1. The standard InChI is InChI=1S/C17H29N5O3S.HI/c1-3-18-17(20-8-13-25-14-15-26(2,23)24)22-11-9-21(10-12-22)16-6-4-5-7-19-16;/h4-7H,3,8-15H2,1-2H3,(H,18,20);1H. The van der Waals surface area contributed by atoms with Crippen LogP contribution in [0.2, 0.25) is 0 Å². The molecule has 0 bridgehead atoms. The first kappa shape index (κ1) is 23.9. The van der Waals surface area contributed by atoms with Crippen LogP contribution in [0.25, 0.3) is 0 Å². The van der Waals surface area contributed by atoms with Gasteiger partial charge in [-0.15, -0.1) is 24.0 Å². The van der Waals surface area contributed by atoms with Crippen LogP contribution >= 0.6 is 24.0 Å². The quantitative estimate of drug-likeness (QED) is 0.240. The average molecular weight is 511 g/mol. The van der Waals surface area contributed by atoms with Gasteiger partial charge >= 0.3 is 0 Å². The van der Waals surface area contributed by atoms with Gasteiger partial charge in [0.15, 0.2) is 5.96 Å². The van der Waals surface area contributed by atoms with Crippen LogP contribution in [-0.4, -0.2) is 88.8 Å². The Kier molecular flexibility index (Phi) is 10.9. The predicted octanol–water partition coefficient (Wildman–Crippen LogP) is 0.848. The number of piperazine rings is 1. The lowest BCUT2D eigenvalue weighted by Crippen LogP contribution is -2.52. The highest BCUT2D eigenvalue weighted by Crippen LogP contribution is 2.12. The molecule has 27 heavy (non-hydrogen) atoms. The van der Waals surface area contributed by atoms with E-state index in [2.05, 4.69) is 25.1 Å². The summed E-state index contributed by atoms with van der Waals surface area (Å²) in [6, 6.07) is 5.96. The fourth-order valence-corrected chi connectivity index (χ4v) is 3.06. The van der Waals surface area contributed by atoms with Crippen molar-refractivity contribution in [3.63, 3.8) is 0 Å². The Morgan fingerprint density at radius 3 is 2.59 bits per heavy atom. The van der Waals surface area contributed by atoms with E-state index in [1.165, 1.54) is 6.26 Å². The lowest BCUT2D eigenvalue weighted by atomic mass is 10.3. The van der Waals surface area contributed by atoms with E-state index in [9.17, 15) is 8.42 Å². The summed E-state index contributed by atoms with van der Waals surface area (Å²) in [7, 11) is -2.97. The van der Waals surface area contributed by atoms with Gasteiger partial charge in [-0.25, -0.2) is 13.4 Å². The first-order valence-electron chi connectivity index (χ1n) is 8.94. The fraction of sp³-hybridized carbons (Fsp3) is 0.647. The highest BCUT2D eigenvalue weighted by atomic mass is 127. The van der Waals surface area contributed by atoms with E-state index < -0.39 is 9.84 Å². The van der Waals surface area contributed by atoms with Gasteiger partial charge in [-0.3, -0.25) is 4.99 Å². The smallest absolute Gasteiger partial charge is 0.194 e. The lowest BCUT2D eigenvalue weighted by molar-refractivity contribution is 0.157. The Morgan fingerprint density at radius 2 is 2.00 bits per heavy atom. The molecule has 1 fully saturated rings. The second-order valence-corrected chi connectivity index (χ2v) is 8.40. The maximum Gasteiger partial charge on any atom is 0.194 e. The number of anilines is 1. The molecule has 10 heteroatoms. The van der Waals surface area contributed by atoms with Crippen LogP contribution in [0.3, 0.4) is 0 Å². The molecule has 0 spiro atoms. The Morgan fingerprint density at radius 1 is 1.26 bits per heavy atom. The molecule has 8 nitrogen and oxygen atoms in total. The Bertz CT molecular complexity index is 664. The SMILES string of the molecule is CCNC(=NCCOCCS(C)(=O)=O)N1CCN(c2ccccn2)CC1.I. The van der Waals surface area contributed by atoms with Crippen LogP contribution in [-0.2, 0) is 14.6 Å². The van der Waals surface area contributed by atoms with E-state index in [0.29, 0.717) is 13.2 Å². The maximum absolute atomic E-state index is 11.1. The molecule has 0 amide bonds. The molecule has 0 unspecified atom stereocenters. The first-order valence-corrected chi connectivity index (χ1v) is 11.0.